The number of benzene rings is 3. The Labute approximate surface area is 201 Å². The Morgan fingerprint density at radius 1 is 0.886 bits per heavy atom. The lowest BCUT2D eigenvalue weighted by Crippen LogP contribution is -2.23. The third kappa shape index (κ3) is 4.91. The fraction of sp³-hybridized carbons (Fsp3) is 0.185. The van der Waals surface area contributed by atoms with Gasteiger partial charge in [0.15, 0.2) is 0 Å². The van der Waals surface area contributed by atoms with Crippen molar-refractivity contribution in [3.63, 3.8) is 0 Å². The van der Waals surface area contributed by atoms with E-state index < -0.39 is 29.9 Å². The summed E-state index contributed by atoms with van der Waals surface area (Å²) in [5.41, 5.74) is 3.65. The van der Waals surface area contributed by atoms with Gasteiger partial charge in [-0.2, -0.15) is 0 Å². The van der Waals surface area contributed by atoms with Crippen molar-refractivity contribution in [1.82, 2.24) is 0 Å². The van der Waals surface area contributed by atoms with Gasteiger partial charge in [0.05, 0.1) is 36.6 Å². The highest BCUT2D eigenvalue weighted by molar-refractivity contribution is 6.09. The zero-order chi connectivity index (χ0) is 25.1. The lowest BCUT2D eigenvalue weighted by atomic mass is 9.92. The van der Waals surface area contributed by atoms with Gasteiger partial charge >= 0.3 is 17.9 Å². The van der Waals surface area contributed by atoms with Crippen LogP contribution in [0.5, 0.6) is 0 Å². The van der Waals surface area contributed by atoms with Crippen LogP contribution >= 0.6 is 0 Å². The minimum Gasteiger partial charge on any atom is -0.465 e. The van der Waals surface area contributed by atoms with Gasteiger partial charge in [-0.15, -0.1) is 0 Å². The second-order valence-corrected chi connectivity index (χ2v) is 8.08. The molecule has 0 bridgehead atoms. The number of aryl methyl sites for hydroxylation is 1. The average molecular weight is 473 g/mol. The van der Waals surface area contributed by atoms with E-state index in [9.17, 15) is 19.2 Å². The van der Waals surface area contributed by atoms with Gasteiger partial charge in [-0.05, 0) is 54.4 Å². The van der Waals surface area contributed by atoms with Crippen molar-refractivity contribution in [2.45, 2.75) is 19.4 Å². The Bertz CT molecular complexity index is 1330. The molecular weight excluding hydrogens is 450 g/mol. The van der Waals surface area contributed by atoms with Crippen molar-refractivity contribution in [2.75, 3.05) is 19.5 Å². The molecule has 1 aliphatic heterocycles. The molecule has 1 unspecified atom stereocenters. The number of carbonyl (C=O) groups is 4. The van der Waals surface area contributed by atoms with Crippen LogP contribution in [0.1, 0.15) is 64.2 Å². The van der Waals surface area contributed by atoms with E-state index in [0.717, 1.165) is 11.1 Å². The largest absolute Gasteiger partial charge is 0.465 e. The number of fused-ring (bicyclic) bond motifs is 1. The fourth-order valence-electron chi connectivity index (χ4n) is 3.88. The highest BCUT2D eigenvalue weighted by Gasteiger charge is 2.28. The summed E-state index contributed by atoms with van der Waals surface area (Å²) < 4.78 is 15.1. The summed E-state index contributed by atoms with van der Waals surface area (Å²) in [6.07, 6.45) is -0.0483. The topological polar surface area (TPSA) is 108 Å². The second-order valence-electron chi connectivity index (χ2n) is 8.08. The first-order chi connectivity index (χ1) is 16.8. The molecular formula is C27H23NO7. The summed E-state index contributed by atoms with van der Waals surface area (Å²) in [5.74, 6) is -2.27. The van der Waals surface area contributed by atoms with Crippen LogP contribution in [-0.4, -0.2) is 38.0 Å². The van der Waals surface area contributed by atoms with Gasteiger partial charge in [0.1, 0.15) is 6.10 Å². The number of esters is 3. The first-order valence-electron chi connectivity index (χ1n) is 10.8. The maximum atomic E-state index is 13.1. The van der Waals surface area contributed by atoms with E-state index in [-0.39, 0.29) is 22.4 Å². The molecule has 0 saturated heterocycles. The van der Waals surface area contributed by atoms with E-state index in [0.29, 0.717) is 17.5 Å². The van der Waals surface area contributed by atoms with Crippen LogP contribution in [-0.2, 0) is 20.6 Å². The van der Waals surface area contributed by atoms with Crippen LogP contribution in [0.3, 0.4) is 0 Å². The molecule has 8 nitrogen and oxygen atoms in total. The van der Waals surface area contributed by atoms with E-state index >= 15 is 0 Å². The molecule has 0 saturated carbocycles. The molecule has 3 aromatic rings. The number of rotatable bonds is 5. The molecule has 1 N–H and O–H groups in total. The molecule has 178 valence electrons. The third-order valence-electron chi connectivity index (χ3n) is 5.79. The minimum absolute atomic E-state index is 0.0782. The van der Waals surface area contributed by atoms with Crippen LogP contribution in [0, 0.1) is 6.92 Å². The summed E-state index contributed by atoms with van der Waals surface area (Å²) in [7, 11) is 2.45. The third-order valence-corrected chi connectivity index (χ3v) is 5.79. The molecule has 3 aromatic carbocycles. The van der Waals surface area contributed by atoms with Crippen LogP contribution in [0.15, 0.2) is 60.7 Å². The van der Waals surface area contributed by atoms with Gasteiger partial charge in [0, 0.05) is 12.0 Å². The maximum Gasteiger partial charge on any atom is 0.339 e. The normalized spacial score (nSPS) is 14.4. The number of nitrogens with one attached hydrogen (secondary N) is 1. The van der Waals surface area contributed by atoms with Crippen molar-refractivity contribution < 1.29 is 33.4 Å². The number of carbonyl (C=O) groups excluding carboxylic acids is 4. The zero-order valence-electron chi connectivity index (χ0n) is 19.4. The molecule has 8 heteroatoms. The van der Waals surface area contributed by atoms with Crippen LogP contribution < -0.4 is 5.32 Å². The number of hydrogen-bond acceptors (Lipinski definition) is 7. The first-order valence-corrected chi connectivity index (χ1v) is 10.8. The SMILES string of the molecule is COC(=O)c1ccc(C(=O)OC)c(NC(=O)c2ccc3c(c2)CC(c2ccc(C)cc2)OC3=O)c1. The van der Waals surface area contributed by atoms with Gasteiger partial charge in [-0.25, -0.2) is 14.4 Å². The van der Waals surface area contributed by atoms with Crippen molar-refractivity contribution >= 4 is 29.5 Å². The number of methoxy groups -OCH3 is 2. The molecule has 35 heavy (non-hydrogen) atoms. The van der Waals surface area contributed by atoms with E-state index in [2.05, 4.69) is 5.32 Å². The Kier molecular flexibility index (Phi) is 6.64. The standard InChI is InChI=1S/C27H23NO7/c1-15-4-6-16(7-5-15)23-14-19-12-17(8-10-20(19)27(32)35-23)24(29)28-22-13-18(25(30)33-2)9-11-21(22)26(31)34-3/h4-13,23H,14H2,1-3H3,(H,28,29). The molecule has 0 spiro atoms. The molecule has 0 aliphatic carbocycles. The molecule has 1 atom stereocenters. The van der Waals surface area contributed by atoms with Gasteiger partial charge in [0.25, 0.3) is 5.91 Å². The monoisotopic (exact) mass is 473 g/mol. The molecule has 4 rings (SSSR count). The van der Waals surface area contributed by atoms with Gasteiger partial charge in [0.2, 0.25) is 0 Å². The van der Waals surface area contributed by atoms with E-state index in [4.69, 9.17) is 14.2 Å². The van der Waals surface area contributed by atoms with E-state index in [1.807, 2.05) is 31.2 Å². The van der Waals surface area contributed by atoms with E-state index in [1.165, 1.54) is 38.5 Å². The summed E-state index contributed by atoms with van der Waals surface area (Å²) in [6.45, 7) is 1.98. The lowest BCUT2D eigenvalue weighted by molar-refractivity contribution is 0.0252. The van der Waals surface area contributed by atoms with Crippen LogP contribution in [0.2, 0.25) is 0 Å². The Morgan fingerprint density at radius 2 is 1.57 bits per heavy atom. The van der Waals surface area contributed by atoms with Crippen LogP contribution in [0.25, 0.3) is 0 Å². The predicted molar refractivity (Wildman–Crippen MR) is 127 cm³/mol. The minimum atomic E-state index is -0.675. The molecule has 0 fully saturated rings. The Balaban J connectivity index is 1.63. The maximum absolute atomic E-state index is 13.1. The van der Waals surface area contributed by atoms with Gasteiger partial charge in [-0.3, -0.25) is 4.79 Å². The number of anilines is 1. The zero-order valence-corrected chi connectivity index (χ0v) is 19.4. The highest BCUT2D eigenvalue weighted by atomic mass is 16.5. The Morgan fingerprint density at radius 3 is 2.26 bits per heavy atom. The number of amides is 1. The van der Waals surface area contributed by atoms with Gasteiger partial charge in [-0.1, -0.05) is 29.8 Å². The van der Waals surface area contributed by atoms with Crippen LogP contribution in [0.4, 0.5) is 5.69 Å². The summed E-state index contributed by atoms with van der Waals surface area (Å²) in [6, 6.07) is 16.5. The van der Waals surface area contributed by atoms with E-state index in [1.54, 1.807) is 12.1 Å². The number of hydrogen-bond donors (Lipinski definition) is 1. The first kappa shape index (κ1) is 23.7. The van der Waals surface area contributed by atoms with Crippen molar-refractivity contribution in [3.8, 4) is 0 Å². The predicted octanol–water partition coefficient (Wildman–Crippen LogP) is 4.27. The van der Waals surface area contributed by atoms with Gasteiger partial charge < -0.3 is 19.5 Å². The fourth-order valence-corrected chi connectivity index (χ4v) is 3.88. The van der Waals surface area contributed by atoms with Crippen molar-refractivity contribution in [1.29, 1.82) is 0 Å². The quantitative estimate of drug-likeness (QED) is 0.435. The number of ether oxygens (including phenoxy) is 3. The molecule has 1 amide bonds. The highest BCUT2D eigenvalue weighted by Crippen LogP contribution is 2.31. The molecule has 1 aliphatic rings. The summed E-state index contributed by atoms with van der Waals surface area (Å²) in [4.78, 5) is 49.8. The summed E-state index contributed by atoms with van der Waals surface area (Å²) >= 11 is 0. The average Bonchev–Trinajstić information content (AvgIpc) is 2.87. The molecule has 0 radical (unpaired) electrons. The summed E-state index contributed by atoms with van der Waals surface area (Å²) in [5, 5.41) is 2.66. The number of cyclic esters (lactones) is 1. The lowest BCUT2D eigenvalue weighted by Gasteiger charge is -2.25. The molecule has 1 heterocycles. The van der Waals surface area contributed by atoms with Crippen molar-refractivity contribution in [2.24, 2.45) is 0 Å². The smallest absolute Gasteiger partial charge is 0.339 e. The Hall–Kier alpha value is -4.46. The second kappa shape index (κ2) is 9.80. The molecule has 0 aromatic heterocycles. The van der Waals surface area contributed by atoms with Crippen molar-refractivity contribution in [3.05, 3.63) is 99.6 Å².